The fourth-order valence-corrected chi connectivity index (χ4v) is 2.37. The Hall–Kier alpha value is -1.55. The highest BCUT2D eigenvalue weighted by Gasteiger charge is 2.21. The van der Waals surface area contributed by atoms with Crippen molar-refractivity contribution in [1.29, 1.82) is 0 Å². The van der Waals surface area contributed by atoms with Crippen LogP contribution in [0, 0.1) is 5.92 Å². The van der Waals surface area contributed by atoms with Gasteiger partial charge < -0.3 is 15.4 Å². The highest BCUT2D eigenvalue weighted by molar-refractivity contribution is 5.67. The van der Waals surface area contributed by atoms with Crippen molar-refractivity contribution in [2.24, 2.45) is 5.92 Å². The van der Waals surface area contributed by atoms with Gasteiger partial charge in [-0.2, -0.15) is 0 Å². The number of piperidine rings is 1. The molecule has 4 nitrogen and oxygen atoms in total. The Morgan fingerprint density at radius 2 is 2.26 bits per heavy atom. The van der Waals surface area contributed by atoms with Crippen LogP contribution >= 0.6 is 0 Å². The van der Waals surface area contributed by atoms with Crippen LogP contribution < -0.4 is 10.6 Å². The SMILES string of the molecule is CC(NC(=O)OCc1ccccc1)C1CCCNC1. The Labute approximate surface area is 114 Å². The molecular weight excluding hydrogens is 240 g/mol. The Bertz CT molecular complexity index is 388. The van der Waals surface area contributed by atoms with E-state index in [2.05, 4.69) is 10.6 Å². The van der Waals surface area contributed by atoms with Crippen molar-refractivity contribution in [2.75, 3.05) is 13.1 Å². The first kappa shape index (κ1) is 13.9. The summed E-state index contributed by atoms with van der Waals surface area (Å²) in [6.45, 7) is 4.42. The molecule has 0 saturated carbocycles. The van der Waals surface area contributed by atoms with Crippen LogP contribution in [0.15, 0.2) is 30.3 Å². The number of rotatable bonds is 4. The molecule has 2 atom stereocenters. The number of alkyl carbamates (subject to hydrolysis) is 1. The van der Waals surface area contributed by atoms with Crippen molar-refractivity contribution in [2.45, 2.75) is 32.4 Å². The van der Waals surface area contributed by atoms with E-state index in [0.29, 0.717) is 12.5 Å². The average molecular weight is 262 g/mol. The van der Waals surface area contributed by atoms with Gasteiger partial charge in [-0.1, -0.05) is 30.3 Å². The quantitative estimate of drug-likeness (QED) is 0.875. The Balaban J connectivity index is 1.71. The number of hydrogen-bond donors (Lipinski definition) is 2. The van der Waals surface area contributed by atoms with Gasteiger partial charge in [0.25, 0.3) is 0 Å². The number of hydrogen-bond acceptors (Lipinski definition) is 3. The fraction of sp³-hybridized carbons (Fsp3) is 0.533. The minimum absolute atomic E-state index is 0.149. The molecule has 2 unspecified atom stereocenters. The maximum Gasteiger partial charge on any atom is 0.407 e. The summed E-state index contributed by atoms with van der Waals surface area (Å²) in [5, 5.41) is 6.27. The molecule has 1 fully saturated rings. The van der Waals surface area contributed by atoms with Gasteiger partial charge in [0.2, 0.25) is 0 Å². The molecule has 2 rings (SSSR count). The molecule has 1 saturated heterocycles. The highest BCUT2D eigenvalue weighted by Crippen LogP contribution is 2.14. The van der Waals surface area contributed by atoms with Crippen molar-refractivity contribution in [1.82, 2.24) is 10.6 Å². The summed E-state index contributed by atoms with van der Waals surface area (Å²) in [4.78, 5) is 11.7. The highest BCUT2D eigenvalue weighted by atomic mass is 16.5. The van der Waals surface area contributed by atoms with Crippen molar-refractivity contribution >= 4 is 6.09 Å². The summed E-state index contributed by atoms with van der Waals surface area (Å²) in [5.41, 5.74) is 1.00. The van der Waals surface area contributed by atoms with Crippen molar-refractivity contribution in [3.8, 4) is 0 Å². The topological polar surface area (TPSA) is 50.4 Å². The lowest BCUT2D eigenvalue weighted by Gasteiger charge is -2.28. The van der Waals surface area contributed by atoms with E-state index in [1.165, 1.54) is 6.42 Å². The number of ether oxygens (including phenoxy) is 1. The fourth-order valence-electron chi connectivity index (χ4n) is 2.37. The maximum atomic E-state index is 11.7. The van der Waals surface area contributed by atoms with E-state index in [1.54, 1.807) is 0 Å². The van der Waals surface area contributed by atoms with E-state index < -0.39 is 0 Å². The minimum Gasteiger partial charge on any atom is -0.445 e. The molecule has 1 heterocycles. The molecule has 2 N–H and O–H groups in total. The largest absolute Gasteiger partial charge is 0.445 e. The minimum atomic E-state index is -0.332. The van der Waals surface area contributed by atoms with Gasteiger partial charge in [-0.25, -0.2) is 4.79 Å². The van der Waals surface area contributed by atoms with Gasteiger partial charge in [0.1, 0.15) is 6.61 Å². The normalized spacial score (nSPS) is 20.6. The van der Waals surface area contributed by atoms with Crippen LogP contribution in [0.1, 0.15) is 25.3 Å². The van der Waals surface area contributed by atoms with Crippen molar-refractivity contribution < 1.29 is 9.53 Å². The van der Waals surface area contributed by atoms with Gasteiger partial charge >= 0.3 is 6.09 Å². The first-order valence-corrected chi connectivity index (χ1v) is 6.93. The second-order valence-corrected chi connectivity index (χ2v) is 5.10. The summed E-state index contributed by atoms with van der Waals surface area (Å²) in [5.74, 6) is 0.498. The molecule has 104 valence electrons. The summed E-state index contributed by atoms with van der Waals surface area (Å²) in [6.07, 6.45) is 2.00. The van der Waals surface area contributed by atoms with Crippen LogP contribution in [0.4, 0.5) is 4.79 Å². The van der Waals surface area contributed by atoms with Crippen LogP contribution in [0.25, 0.3) is 0 Å². The maximum absolute atomic E-state index is 11.7. The van der Waals surface area contributed by atoms with Crippen LogP contribution in [-0.2, 0) is 11.3 Å². The monoisotopic (exact) mass is 262 g/mol. The molecule has 1 amide bonds. The van der Waals surface area contributed by atoms with Gasteiger partial charge in [0, 0.05) is 6.04 Å². The first-order valence-electron chi connectivity index (χ1n) is 6.93. The van der Waals surface area contributed by atoms with Crippen LogP contribution in [0.3, 0.4) is 0 Å². The van der Waals surface area contributed by atoms with Crippen LogP contribution in [-0.4, -0.2) is 25.2 Å². The third-order valence-electron chi connectivity index (χ3n) is 3.60. The Morgan fingerprint density at radius 1 is 1.47 bits per heavy atom. The third-order valence-corrected chi connectivity index (χ3v) is 3.60. The zero-order chi connectivity index (χ0) is 13.5. The molecule has 1 aliphatic rings. The Kier molecular flexibility index (Phi) is 5.21. The van der Waals surface area contributed by atoms with E-state index in [0.717, 1.165) is 25.1 Å². The molecule has 0 aromatic heterocycles. The van der Waals surface area contributed by atoms with E-state index >= 15 is 0 Å². The average Bonchev–Trinajstić information content (AvgIpc) is 2.47. The zero-order valence-electron chi connectivity index (χ0n) is 11.4. The molecule has 1 aromatic carbocycles. The predicted octanol–water partition coefficient (Wildman–Crippen LogP) is 2.30. The Morgan fingerprint density at radius 3 is 2.95 bits per heavy atom. The van der Waals surface area contributed by atoms with E-state index in [1.807, 2.05) is 37.3 Å². The standard InChI is InChI=1S/C15H22N2O2/c1-12(14-8-5-9-16-10-14)17-15(18)19-11-13-6-3-2-4-7-13/h2-4,6-7,12,14,16H,5,8-11H2,1H3,(H,17,18). The van der Waals surface area contributed by atoms with E-state index in [4.69, 9.17) is 4.74 Å². The lowest BCUT2D eigenvalue weighted by molar-refractivity contribution is 0.131. The summed E-state index contributed by atoms with van der Waals surface area (Å²) >= 11 is 0. The predicted molar refractivity (Wildman–Crippen MR) is 74.8 cm³/mol. The number of nitrogens with one attached hydrogen (secondary N) is 2. The first-order chi connectivity index (χ1) is 9.25. The molecular formula is C15H22N2O2. The van der Waals surface area contributed by atoms with Gasteiger partial charge in [-0.3, -0.25) is 0 Å². The molecule has 4 heteroatoms. The summed E-state index contributed by atoms with van der Waals surface area (Å²) in [6, 6.07) is 9.86. The molecule has 0 aliphatic carbocycles. The molecule has 1 aromatic rings. The number of carbonyl (C=O) groups is 1. The van der Waals surface area contributed by atoms with Gasteiger partial charge in [-0.05, 0) is 44.3 Å². The molecule has 19 heavy (non-hydrogen) atoms. The smallest absolute Gasteiger partial charge is 0.407 e. The van der Waals surface area contributed by atoms with Crippen LogP contribution in [0.5, 0.6) is 0 Å². The van der Waals surface area contributed by atoms with Gasteiger partial charge in [0.05, 0.1) is 0 Å². The van der Waals surface area contributed by atoms with E-state index in [-0.39, 0.29) is 12.1 Å². The van der Waals surface area contributed by atoms with Crippen molar-refractivity contribution in [3.63, 3.8) is 0 Å². The summed E-state index contributed by atoms with van der Waals surface area (Å²) < 4.78 is 5.22. The molecule has 0 bridgehead atoms. The lowest BCUT2D eigenvalue weighted by atomic mass is 9.93. The van der Waals surface area contributed by atoms with Crippen LogP contribution in [0.2, 0.25) is 0 Å². The third kappa shape index (κ3) is 4.56. The molecule has 1 aliphatic heterocycles. The zero-order valence-corrected chi connectivity index (χ0v) is 11.4. The van der Waals surface area contributed by atoms with E-state index in [9.17, 15) is 4.79 Å². The molecule has 0 radical (unpaired) electrons. The number of carbonyl (C=O) groups excluding carboxylic acids is 1. The number of amides is 1. The van der Waals surface area contributed by atoms with Gasteiger partial charge in [-0.15, -0.1) is 0 Å². The number of benzene rings is 1. The second-order valence-electron chi connectivity index (χ2n) is 5.10. The summed E-state index contributed by atoms with van der Waals surface area (Å²) in [7, 11) is 0. The second kappa shape index (κ2) is 7.14. The lowest BCUT2D eigenvalue weighted by Crippen LogP contribution is -2.44. The van der Waals surface area contributed by atoms with Crippen molar-refractivity contribution in [3.05, 3.63) is 35.9 Å². The molecule has 0 spiro atoms. The van der Waals surface area contributed by atoms with Gasteiger partial charge in [0.15, 0.2) is 0 Å².